The van der Waals surface area contributed by atoms with E-state index in [1.807, 2.05) is 6.07 Å². The number of rotatable bonds is 3. The molecule has 1 aromatic rings. The second-order valence-electron chi connectivity index (χ2n) is 5.03. The van der Waals surface area contributed by atoms with Gasteiger partial charge in [0.05, 0.1) is 0 Å². The Balaban J connectivity index is 3.10. The van der Waals surface area contributed by atoms with Gasteiger partial charge in [-0.2, -0.15) is 0 Å². The predicted molar refractivity (Wildman–Crippen MR) is 61.6 cm³/mol. The van der Waals surface area contributed by atoms with Gasteiger partial charge in [0, 0.05) is 5.56 Å². The van der Waals surface area contributed by atoms with Crippen LogP contribution in [0.15, 0.2) is 24.3 Å². The standard InChI is InChI=1S/C13H16O3/c1-13(2,3)8-9-6-4-5-7-10(9)11(14)12(15)16/h4-7H,8H2,1-3H3,(H,15,16). The van der Waals surface area contributed by atoms with Crippen LogP contribution in [0.2, 0.25) is 0 Å². The summed E-state index contributed by atoms with van der Waals surface area (Å²) in [6.45, 7) is 6.15. The quantitative estimate of drug-likeness (QED) is 0.629. The van der Waals surface area contributed by atoms with E-state index in [0.717, 1.165) is 5.56 Å². The number of hydrogen-bond acceptors (Lipinski definition) is 2. The topological polar surface area (TPSA) is 54.4 Å². The second-order valence-corrected chi connectivity index (χ2v) is 5.03. The van der Waals surface area contributed by atoms with Gasteiger partial charge in [0.15, 0.2) is 0 Å². The monoisotopic (exact) mass is 220 g/mol. The Labute approximate surface area is 95.1 Å². The fourth-order valence-corrected chi connectivity index (χ4v) is 1.58. The summed E-state index contributed by atoms with van der Waals surface area (Å²) in [6, 6.07) is 6.88. The summed E-state index contributed by atoms with van der Waals surface area (Å²) in [5.41, 5.74) is 1.11. The highest BCUT2D eigenvalue weighted by Gasteiger charge is 2.20. The normalized spacial score (nSPS) is 11.2. The average Bonchev–Trinajstić information content (AvgIpc) is 2.15. The Kier molecular flexibility index (Phi) is 3.48. The van der Waals surface area contributed by atoms with E-state index < -0.39 is 11.8 Å². The fourth-order valence-electron chi connectivity index (χ4n) is 1.58. The zero-order valence-corrected chi connectivity index (χ0v) is 9.78. The molecule has 3 heteroatoms. The molecule has 0 fully saturated rings. The van der Waals surface area contributed by atoms with Crippen LogP contribution in [0.1, 0.15) is 36.7 Å². The molecule has 0 aromatic heterocycles. The van der Waals surface area contributed by atoms with Crippen molar-refractivity contribution in [2.45, 2.75) is 27.2 Å². The molecule has 0 saturated carbocycles. The summed E-state index contributed by atoms with van der Waals surface area (Å²) >= 11 is 0. The van der Waals surface area contributed by atoms with Crippen molar-refractivity contribution < 1.29 is 14.7 Å². The van der Waals surface area contributed by atoms with Crippen molar-refractivity contribution in [3.05, 3.63) is 35.4 Å². The lowest BCUT2D eigenvalue weighted by atomic mass is 9.85. The van der Waals surface area contributed by atoms with Crippen LogP contribution in [0.4, 0.5) is 0 Å². The van der Waals surface area contributed by atoms with Gasteiger partial charge >= 0.3 is 5.97 Å². The zero-order chi connectivity index (χ0) is 12.3. The van der Waals surface area contributed by atoms with Crippen LogP contribution >= 0.6 is 0 Å². The Morgan fingerprint density at radius 1 is 1.19 bits per heavy atom. The lowest BCUT2D eigenvalue weighted by Gasteiger charge is -2.19. The highest BCUT2D eigenvalue weighted by atomic mass is 16.4. The maximum Gasteiger partial charge on any atom is 0.377 e. The molecule has 16 heavy (non-hydrogen) atoms. The fraction of sp³-hybridized carbons (Fsp3) is 0.385. The molecule has 0 atom stereocenters. The summed E-state index contributed by atoms with van der Waals surface area (Å²) in [5, 5.41) is 8.71. The Morgan fingerprint density at radius 3 is 2.25 bits per heavy atom. The number of Topliss-reactive ketones (excluding diaryl/α,β-unsaturated/α-hetero) is 1. The van der Waals surface area contributed by atoms with Crippen molar-refractivity contribution in [1.82, 2.24) is 0 Å². The van der Waals surface area contributed by atoms with Crippen molar-refractivity contribution in [1.29, 1.82) is 0 Å². The van der Waals surface area contributed by atoms with Gasteiger partial charge in [0.1, 0.15) is 0 Å². The van der Waals surface area contributed by atoms with E-state index in [0.29, 0.717) is 12.0 Å². The van der Waals surface area contributed by atoms with Gasteiger partial charge in [-0.3, -0.25) is 4.79 Å². The molecular weight excluding hydrogens is 204 g/mol. The summed E-state index contributed by atoms with van der Waals surface area (Å²) < 4.78 is 0. The lowest BCUT2D eigenvalue weighted by molar-refractivity contribution is -0.131. The molecule has 0 aliphatic heterocycles. The van der Waals surface area contributed by atoms with Crippen molar-refractivity contribution >= 4 is 11.8 Å². The van der Waals surface area contributed by atoms with Crippen molar-refractivity contribution in [3.63, 3.8) is 0 Å². The van der Waals surface area contributed by atoms with Gasteiger partial charge in [-0.05, 0) is 17.4 Å². The second kappa shape index (κ2) is 4.47. The highest BCUT2D eigenvalue weighted by Crippen LogP contribution is 2.23. The molecule has 3 nitrogen and oxygen atoms in total. The molecule has 0 saturated heterocycles. The number of carbonyl (C=O) groups excluding carboxylic acids is 1. The van der Waals surface area contributed by atoms with Crippen LogP contribution in [0, 0.1) is 5.41 Å². The molecule has 86 valence electrons. The number of aliphatic carboxylic acids is 1. The van der Waals surface area contributed by atoms with E-state index in [1.165, 1.54) is 0 Å². The van der Waals surface area contributed by atoms with Crippen LogP contribution in [-0.2, 0) is 11.2 Å². The highest BCUT2D eigenvalue weighted by molar-refractivity contribution is 6.40. The van der Waals surface area contributed by atoms with Crippen LogP contribution in [-0.4, -0.2) is 16.9 Å². The first-order valence-corrected chi connectivity index (χ1v) is 5.17. The lowest BCUT2D eigenvalue weighted by Crippen LogP contribution is -2.18. The summed E-state index contributed by atoms with van der Waals surface area (Å²) in [4.78, 5) is 22.1. The number of carboxylic acids is 1. The maximum absolute atomic E-state index is 11.5. The summed E-state index contributed by atoms with van der Waals surface area (Å²) in [5.74, 6) is -2.23. The average molecular weight is 220 g/mol. The van der Waals surface area contributed by atoms with Crippen LogP contribution < -0.4 is 0 Å². The number of carboxylic acid groups (broad SMARTS) is 1. The summed E-state index contributed by atoms with van der Waals surface area (Å²) in [6.07, 6.45) is 0.683. The molecule has 0 aliphatic carbocycles. The SMILES string of the molecule is CC(C)(C)Cc1ccccc1C(=O)C(=O)O. The molecule has 0 unspecified atom stereocenters. The molecule has 1 rings (SSSR count). The van der Waals surface area contributed by atoms with Gasteiger partial charge in [-0.15, -0.1) is 0 Å². The van der Waals surface area contributed by atoms with Gasteiger partial charge in [-0.1, -0.05) is 45.0 Å². The first-order valence-electron chi connectivity index (χ1n) is 5.17. The molecule has 0 bridgehead atoms. The largest absolute Gasteiger partial charge is 0.475 e. The molecule has 0 heterocycles. The van der Waals surface area contributed by atoms with E-state index >= 15 is 0 Å². The number of carbonyl (C=O) groups is 2. The van der Waals surface area contributed by atoms with E-state index in [9.17, 15) is 9.59 Å². The van der Waals surface area contributed by atoms with E-state index in [-0.39, 0.29) is 5.41 Å². The third-order valence-electron chi connectivity index (χ3n) is 2.18. The Hall–Kier alpha value is -1.64. The minimum atomic E-state index is -1.40. The van der Waals surface area contributed by atoms with E-state index in [1.54, 1.807) is 18.2 Å². The first-order chi connectivity index (χ1) is 7.31. The van der Waals surface area contributed by atoms with Gasteiger partial charge < -0.3 is 5.11 Å². The van der Waals surface area contributed by atoms with Crippen molar-refractivity contribution in [3.8, 4) is 0 Å². The zero-order valence-electron chi connectivity index (χ0n) is 9.78. The maximum atomic E-state index is 11.5. The summed E-state index contributed by atoms with van der Waals surface area (Å²) in [7, 11) is 0. The number of hydrogen-bond donors (Lipinski definition) is 1. The van der Waals surface area contributed by atoms with Crippen LogP contribution in [0.3, 0.4) is 0 Å². The number of benzene rings is 1. The smallest absolute Gasteiger partial charge is 0.377 e. The van der Waals surface area contributed by atoms with Gasteiger partial charge in [0.2, 0.25) is 0 Å². The Morgan fingerprint density at radius 2 is 1.75 bits per heavy atom. The molecular formula is C13H16O3. The molecule has 0 spiro atoms. The third kappa shape index (κ3) is 3.19. The van der Waals surface area contributed by atoms with Crippen molar-refractivity contribution in [2.24, 2.45) is 5.41 Å². The molecule has 0 radical (unpaired) electrons. The Bertz CT molecular complexity index is 413. The molecule has 1 aromatic carbocycles. The van der Waals surface area contributed by atoms with E-state index in [4.69, 9.17) is 5.11 Å². The van der Waals surface area contributed by atoms with Crippen molar-refractivity contribution in [2.75, 3.05) is 0 Å². The van der Waals surface area contributed by atoms with Crippen LogP contribution in [0.25, 0.3) is 0 Å². The molecule has 1 N–H and O–H groups in total. The van der Waals surface area contributed by atoms with E-state index in [2.05, 4.69) is 20.8 Å². The molecule has 0 aliphatic rings. The van der Waals surface area contributed by atoms with Gasteiger partial charge in [0.25, 0.3) is 5.78 Å². The minimum absolute atomic E-state index is 0.0227. The molecule has 0 amide bonds. The van der Waals surface area contributed by atoms with Crippen LogP contribution in [0.5, 0.6) is 0 Å². The van der Waals surface area contributed by atoms with Gasteiger partial charge in [-0.25, -0.2) is 4.79 Å². The minimum Gasteiger partial charge on any atom is -0.475 e. The predicted octanol–water partition coefficient (Wildman–Crippen LogP) is 2.54. The first kappa shape index (κ1) is 12.4. The number of ketones is 1. The third-order valence-corrected chi connectivity index (χ3v) is 2.18.